The number of methoxy groups -OCH3 is 2. The van der Waals surface area contributed by atoms with Crippen molar-refractivity contribution in [2.24, 2.45) is 0 Å². The molecule has 2 aromatic carbocycles. The standard InChI is InChI=1S/C21H18N2O8S/c1-29-17-9-14(10-18-20(25)22(21(26)32-18)11-19(24)30-2)5-8-16(17)31-12-13-3-6-15(7-4-13)23(27)28/h3-10H,11-12H2,1-2H3/b18-10-. The van der Waals surface area contributed by atoms with Crippen LogP contribution in [0.2, 0.25) is 0 Å². The number of nitro benzene ring substituents is 1. The van der Waals surface area contributed by atoms with Gasteiger partial charge >= 0.3 is 5.97 Å². The van der Waals surface area contributed by atoms with Crippen molar-refractivity contribution in [3.05, 3.63) is 68.6 Å². The third-order valence-corrected chi connectivity index (χ3v) is 5.32. The molecule has 0 N–H and O–H groups in total. The van der Waals surface area contributed by atoms with Crippen molar-refractivity contribution in [1.29, 1.82) is 0 Å². The Hall–Kier alpha value is -3.86. The van der Waals surface area contributed by atoms with Crippen LogP contribution in [0.3, 0.4) is 0 Å². The monoisotopic (exact) mass is 458 g/mol. The number of benzene rings is 2. The molecule has 1 aliphatic heterocycles. The predicted octanol–water partition coefficient (Wildman–Crippen LogP) is 3.39. The van der Waals surface area contributed by atoms with E-state index in [0.717, 1.165) is 22.2 Å². The maximum atomic E-state index is 12.4. The molecule has 1 aliphatic rings. The molecule has 0 atom stereocenters. The van der Waals surface area contributed by atoms with E-state index in [1.54, 1.807) is 30.3 Å². The average Bonchev–Trinajstić information content (AvgIpc) is 3.05. The number of carbonyl (C=O) groups is 3. The molecule has 0 aliphatic carbocycles. The van der Waals surface area contributed by atoms with Gasteiger partial charge in [0.15, 0.2) is 11.5 Å². The van der Waals surface area contributed by atoms with E-state index in [1.165, 1.54) is 32.4 Å². The summed E-state index contributed by atoms with van der Waals surface area (Å²) in [5.74, 6) is -0.441. The molecule has 1 heterocycles. The number of imide groups is 1. The van der Waals surface area contributed by atoms with Gasteiger partial charge in [-0.3, -0.25) is 29.4 Å². The molecule has 0 radical (unpaired) electrons. The molecule has 0 saturated carbocycles. The number of nitrogens with zero attached hydrogens (tertiary/aromatic N) is 2. The van der Waals surface area contributed by atoms with Crippen LogP contribution in [-0.4, -0.2) is 47.7 Å². The largest absolute Gasteiger partial charge is 0.493 e. The highest BCUT2D eigenvalue weighted by Crippen LogP contribution is 2.34. The SMILES string of the molecule is COC(=O)CN1C(=O)S/C(=C\c2ccc(OCc3ccc([N+](=O)[O-])cc3)c(OC)c2)C1=O. The zero-order valence-electron chi connectivity index (χ0n) is 17.1. The Morgan fingerprint density at radius 2 is 1.84 bits per heavy atom. The Labute approximate surface area is 186 Å². The lowest BCUT2D eigenvalue weighted by molar-refractivity contribution is -0.384. The molecule has 3 rings (SSSR count). The lowest BCUT2D eigenvalue weighted by Gasteiger charge is -2.12. The van der Waals surface area contributed by atoms with Crippen molar-refractivity contribution in [2.45, 2.75) is 6.61 Å². The molecule has 32 heavy (non-hydrogen) atoms. The van der Waals surface area contributed by atoms with Crippen molar-refractivity contribution in [1.82, 2.24) is 4.90 Å². The first-order valence-electron chi connectivity index (χ1n) is 9.18. The fourth-order valence-corrected chi connectivity index (χ4v) is 3.59. The number of carbonyl (C=O) groups excluding carboxylic acids is 3. The lowest BCUT2D eigenvalue weighted by Crippen LogP contribution is -2.34. The second kappa shape index (κ2) is 9.96. The molecular formula is C21H18N2O8S. The maximum absolute atomic E-state index is 12.4. The molecule has 0 bridgehead atoms. The van der Waals surface area contributed by atoms with Crippen LogP contribution in [0.25, 0.3) is 6.08 Å². The summed E-state index contributed by atoms with van der Waals surface area (Å²) in [6, 6.07) is 11.0. The van der Waals surface area contributed by atoms with Crippen LogP contribution < -0.4 is 9.47 Å². The van der Waals surface area contributed by atoms with Crippen molar-refractivity contribution < 1.29 is 33.5 Å². The summed E-state index contributed by atoms with van der Waals surface area (Å²) in [4.78, 5) is 47.1. The number of nitro groups is 1. The van der Waals surface area contributed by atoms with Gasteiger partial charge in [0, 0.05) is 12.1 Å². The van der Waals surface area contributed by atoms with Crippen LogP contribution >= 0.6 is 11.8 Å². The van der Waals surface area contributed by atoms with Crippen molar-refractivity contribution in [2.75, 3.05) is 20.8 Å². The Morgan fingerprint density at radius 3 is 2.47 bits per heavy atom. The smallest absolute Gasteiger partial charge is 0.325 e. The van der Waals surface area contributed by atoms with Crippen molar-refractivity contribution in [3.8, 4) is 11.5 Å². The van der Waals surface area contributed by atoms with Gasteiger partial charge in [-0.15, -0.1) is 0 Å². The molecule has 0 spiro atoms. The zero-order chi connectivity index (χ0) is 23.3. The fourth-order valence-electron chi connectivity index (χ4n) is 2.75. The van der Waals surface area contributed by atoms with Crippen LogP contribution in [0.15, 0.2) is 47.4 Å². The topological polar surface area (TPSA) is 125 Å². The van der Waals surface area contributed by atoms with Crippen LogP contribution in [-0.2, 0) is 20.9 Å². The molecule has 1 saturated heterocycles. The Balaban J connectivity index is 1.72. The Morgan fingerprint density at radius 1 is 1.12 bits per heavy atom. The third kappa shape index (κ3) is 5.24. The number of ether oxygens (including phenoxy) is 3. The highest BCUT2D eigenvalue weighted by atomic mass is 32.2. The predicted molar refractivity (Wildman–Crippen MR) is 115 cm³/mol. The molecule has 2 amide bonds. The molecule has 0 aromatic heterocycles. The summed E-state index contributed by atoms with van der Waals surface area (Å²) in [5, 5.41) is 10.2. The van der Waals surface area contributed by atoms with Crippen LogP contribution in [0, 0.1) is 10.1 Å². The number of hydrogen-bond donors (Lipinski definition) is 0. The minimum Gasteiger partial charge on any atom is -0.493 e. The van der Waals surface area contributed by atoms with E-state index in [-0.39, 0.29) is 17.2 Å². The van der Waals surface area contributed by atoms with E-state index in [2.05, 4.69) is 4.74 Å². The molecule has 166 valence electrons. The summed E-state index contributed by atoms with van der Waals surface area (Å²) >= 11 is 0.728. The average molecular weight is 458 g/mol. The maximum Gasteiger partial charge on any atom is 0.325 e. The molecule has 11 heteroatoms. The minimum absolute atomic E-state index is 0.00770. The van der Waals surface area contributed by atoms with E-state index in [0.29, 0.717) is 17.1 Å². The number of thioether (sulfide) groups is 1. The molecule has 2 aromatic rings. The number of amides is 2. The van der Waals surface area contributed by atoms with Gasteiger partial charge in [-0.25, -0.2) is 0 Å². The fraction of sp³-hybridized carbons (Fsp3) is 0.190. The van der Waals surface area contributed by atoms with Gasteiger partial charge in [0.1, 0.15) is 13.2 Å². The van der Waals surface area contributed by atoms with E-state index in [4.69, 9.17) is 9.47 Å². The number of esters is 1. The van der Waals surface area contributed by atoms with Gasteiger partial charge in [-0.05, 0) is 53.2 Å². The van der Waals surface area contributed by atoms with Gasteiger partial charge in [0.2, 0.25) is 0 Å². The molecule has 1 fully saturated rings. The Kier molecular flexibility index (Phi) is 7.11. The number of rotatable bonds is 8. The van der Waals surface area contributed by atoms with E-state index >= 15 is 0 Å². The highest BCUT2D eigenvalue weighted by Gasteiger charge is 2.36. The van der Waals surface area contributed by atoms with E-state index in [1.807, 2.05) is 0 Å². The highest BCUT2D eigenvalue weighted by molar-refractivity contribution is 8.18. The van der Waals surface area contributed by atoms with Crippen LogP contribution in [0.4, 0.5) is 10.5 Å². The summed E-state index contributed by atoms with van der Waals surface area (Å²) in [7, 11) is 2.64. The third-order valence-electron chi connectivity index (χ3n) is 4.42. The quantitative estimate of drug-likeness (QED) is 0.253. The molecular weight excluding hydrogens is 440 g/mol. The first kappa shape index (κ1) is 22.8. The second-order valence-electron chi connectivity index (χ2n) is 6.47. The molecule has 10 nitrogen and oxygen atoms in total. The van der Waals surface area contributed by atoms with Crippen molar-refractivity contribution in [3.63, 3.8) is 0 Å². The Bertz CT molecular complexity index is 1100. The van der Waals surface area contributed by atoms with E-state index < -0.39 is 28.6 Å². The molecule has 0 unspecified atom stereocenters. The first-order valence-corrected chi connectivity index (χ1v) is 10.0. The second-order valence-corrected chi connectivity index (χ2v) is 7.46. The normalized spacial score (nSPS) is 14.6. The van der Waals surface area contributed by atoms with Gasteiger partial charge in [0.25, 0.3) is 16.8 Å². The number of non-ortho nitro benzene ring substituents is 1. The first-order chi connectivity index (χ1) is 15.3. The zero-order valence-corrected chi connectivity index (χ0v) is 17.9. The van der Waals surface area contributed by atoms with Crippen LogP contribution in [0.1, 0.15) is 11.1 Å². The summed E-state index contributed by atoms with van der Waals surface area (Å²) < 4.78 is 15.6. The minimum atomic E-state index is -0.690. The number of hydrogen-bond acceptors (Lipinski definition) is 9. The lowest BCUT2D eigenvalue weighted by atomic mass is 10.1. The van der Waals surface area contributed by atoms with Gasteiger partial charge < -0.3 is 14.2 Å². The van der Waals surface area contributed by atoms with Crippen molar-refractivity contribution >= 4 is 40.6 Å². The van der Waals surface area contributed by atoms with Gasteiger partial charge in [-0.1, -0.05) is 6.07 Å². The summed E-state index contributed by atoms with van der Waals surface area (Å²) in [6.07, 6.45) is 1.52. The van der Waals surface area contributed by atoms with Crippen LogP contribution in [0.5, 0.6) is 11.5 Å². The summed E-state index contributed by atoms with van der Waals surface area (Å²) in [6.45, 7) is -0.280. The van der Waals surface area contributed by atoms with Gasteiger partial charge in [0.05, 0.1) is 24.0 Å². The van der Waals surface area contributed by atoms with E-state index in [9.17, 15) is 24.5 Å². The van der Waals surface area contributed by atoms with Gasteiger partial charge in [-0.2, -0.15) is 0 Å². The summed E-state index contributed by atoms with van der Waals surface area (Å²) in [5.41, 5.74) is 1.32.